The topological polar surface area (TPSA) is 47.6 Å². The first kappa shape index (κ1) is 14.9. The maximum atomic E-state index is 11.8. The second kappa shape index (κ2) is 8.02. The number of nitrogens with one attached hydrogen (secondary N) is 1. The zero-order chi connectivity index (χ0) is 12.7. The molecular weight excluding hydrogens is 353 g/mol. The summed E-state index contributed by atoms with van der Waals surface area (Å²) in [5, 5.41) is 4.64. The number of halogens is 1. The standard InChI is InChI=1S/C11H16INO3S/c1-3-15-10(16-4-2)6-13-11(14)8-5-9(12)17-7-8/h5,7,10H,3-4,6H2,1-2H3,(H,13,14). The highest BCUT2D eigenvalue weighted by Gasteiger charge is 2.12. The number of hydrogen-bond donors (Lipinski definition) is 1. The third-order valence-corrected chi connectivity index (χ3v) is 3.75. The largest absolute Gasteiger partial charge is 0.351 e. The molecule has 0 aliphatic carbocycles. The molecule has 1 N–H and O–H groups in total. The van der Waals surface area contributed by atoms with Crippen molar-refractivity contribution in [1.29, 1.82) is 0 Å². The Labute approximate surface area is 119 Å². The van der Waals surface area contributed by atoms with Gasteiger partial charge in [-0.3, -0.25) is 4.79 Å². The van der Waals surface area contributed by atoms with Gasteiger partial charge in [-0.05, 0) is 42.5 Å². The molecule has 0 atom stereocenters. The van der Waals surface area contributed by atoms with Crippen molar-refractivity contribution in [2.75, 3.05) is 19.8 Å². The Kier molecular flexibility index (Phi) is 7.02. The molecule has 0 spiro atoms. The lowest BCUT2D eigenvalue weighted by Crippen LogP contribution is -2.35. The predicted molar refractivity (Wildman–Crippen MR) is 76.4 cm³/mol. The van der Waals surface area contributed by atoms with Gasteiger partial charge >= 0.3 is 0 Å². The number of ether oxygens (including phenoxy) is 2. The first-order valence-electron chi connectivity index (χ1n) is 5.42. The molecule has 1 aromatic heterocycles. The molecule has 1 amide bonds. The van der Waals surface area contributed by atoms with E-state index in [2.05, 4.69) is 27.9 Å². The van der Waals surface area contributed by atoms with Crippen LogP contribution < -0.4 is 5.32 Å². The van der Waals surface area contributed by atoms with Crippen LogP contribution in [0.5, 0.6) is 0 Å². The SMILES string of the molecule is CCOC(CNC(=O)c1csc(I)c1)OCC. The van der Waals surface area contributed by atoms with Gasteiger partial charge in [0.2, 0.25) is 0 Å². The summed E-state index contributed by atoms with van der Waals surface area (Å²) in [4.78, 5) is 11.8. The fraction of sp³-hybridized carbons (Fsp3) is 0.545. The summed E-state index contributed by atoms with van der Waals surface area (Å²) in [5.74, 6) is -0.0893. The minimum absolute atomic E-state index is 0.0893. The van der Waals surface area contributed by atoms with Crippen molar-refractivity contribution in [3.05, 3.63) is 19.9 Å². The van der Waals surface area contributed by atoms with Crippen LogP contribution in [-0.4, -0.2) is 32.0 Å². The van der Waals surface area contributed by atoms with Gasteiger partial charge in [-0.1, -0.05) is 0 Å². The Morgan fingerprint density at radius 3 is 2.59 bits per heavy atom. The van der Waals surface area contributed by atoms with Crippen molar-refractivity contribution in [1.82, 2.24) is 5.32 Å². The number of thiophene rings is 1. The molecule has 4 nitrogen and oxygen atoms in total. The molecule has 0 radical (unpaired) electrons. The molecule has 0 bridgehead atoms. The Hall–Kier alpha value is -0.180. The first-order chi connectivity index (χ1) is 8.17. The van der Waals surface area contributed by atoms with Gasteiger partial charge in [0, 0.05) is 18.6 Å². The molecule has 0 saturated carbocycles. The van der Waals surface area contributed by atoms with Crippen molar-refractivity contribution in [3.63, 3.8) is 0 Å². The smallest absolute Gasteiger partial charge is 0.252 e. The molecule has 0 aliphatic rings. The fourth-order valence-corrected chi connectivity index (χ4v) is 2.57. The van der Waals surface area contributed by atoms with E-state index >= 15 is 0 Å². The van der Waals surface area contributed by atoms with E-state index in [-0.39, 0.29) is 12.2 Å². The van der Waals surface area contributed by atoms with E-state index in [1.165, 1.54) is 0 Å². The summed E-state index contributed by atoms with van der Waals surface area (Å²) in [5.41, 5.74) is 0.686. The lowest BCUT2D eigenvalue weighted by atomic mass is 10.3. The van der Waals surface area contributed by atoms with Gasteiger partial charge in [-0.15, -0.1) is 11.3 Å². The lowest BCUT2D eigenvalue weighted by Gasteiger charge is -2.17. The zero-order valence-corrected chi connectivity index (χ0v) is 12.8. The fourth-order valence-electron chi connectivity index (χ4n) is 1.24. The molecule has 1 aromatic rings. The Bertz CT molecular complexity index is 350. The zero-order valence-electron chi connectivity index (χ0n) is 9.86. The Balaban J connectivity index is 2.40. The van der Waals surface area contributed by atoms with E-state index in [1.807, 2.05) is 25.3 Å². The number of hydrogen-bond acceptors (Lipinski definition) is 4. The Morgan fingerprint density at radius 1 is 1.47 bits per heavy atom. The van der Waals surface area contributed by atoms with Gasteiger partial charge in [-0.25, -0.2) is 0 Å². The van der Waals surface area contributed by atoms with E-state index in [9.17, 15) is 4.79 Å². The van der Waals surface area contributed by atoms with E-state index in [4.69, 9.17) is 9.47 Å². The van der Waals surface area contributed by atoms with Crippen molar-refractivity contribution in [2.24, 2.45) is 0 Å². The second-order valence-electron chi connectivity index (χ2n) is 3.19. The predicted octanol–water partition coefficient (Wildman–Crippen LogP) is 2.48. The van der Waals surface area contributed by atoms with Crippen LogP contribution >= 0.6 is 33.9 Å². The summed E-state index contributed by atoms with van der Waals surface area (Å²) >= 11 is 3.74. The molecule has 0 saturated heterocycles. The van der Waals surface area contributed by atoms with Crippen LogP contribution in [-0.2, 0) is 9.47 Å². The average molecular weight is 369 g/mol. The summed E-state index contributed by atoms with van der Waals surface area (Å²) in [7, 11) is 0. The lowest BCUT2D eigenvalue weighted by molar-refractivity contribution is -0.131. The van der Waals surface area contributed by atoms with E-state index in [0.29, 0.717) is 25.3 Å². The van der Waals surface area contributed by atoms with Crippen molar-refractivity contribution >= 4 is 39.8 Å². The van der Waals surface area contributed by atoms with Crippen molar-refractivity contribution < 1.29 is 14.3 Å². The number of carbonyl (C=O) groups is 1. The van der Waals surface area contributed by atoms with E-state index < -0.39 is 0 Å². The van der Waals surface area contributed by atoms with Gasteiger partial charge in [-0.2, -0.15) is 0 Å². The Morgan fingerprint density at radius 2 is 2.12 bits per heavy atom. The highest BCUT2D eigenvalue weighted by molar-refractivity contribution is 14.1. The molecule has 0 aliphatic heterocycles. The molecule has 17 heavy (non-hydrogen) atoms. The molecule has 0 fully saturated rings. The normalized spacial score (nSPS) is 10.8. The molecule has 1 rings (SSSR count). The van der Waals surface area contributed by atoms with Crippen LogP contribution in [0.15, 0.2) is 11.4 Å². The van der Waals surface area contributed by atoms with Crippen LogP contribution in [0.1, 0.15) is 24.2 Å². The van der Waals surface area contributed by atoms with Gasteiger partial charge in [0.05, 0.1) is 15.0 Å². The van der Waals surface area contributed by atoms with Gasteiger partial charge in [0.25, 0.3) is 5.91 Å². The van der Waals surface area contributed by atoms with Gasteiger partial charge in [0.1, 0.15) is 0 Å². The average Bonchev–Trinajstić information content (AvgIpc) is 2.73. The second-order valence-corrected chi connectivity index (χ2v) is 6.00. The van der Waals surface area contributed by atoms with Crippen LogP contribution in [0.25, 0.3) is 0 Å². The summed E-state index contributed by atoms with van der Waals surface area (Å²) in [6.45, 7) is 5.30. The molecule has 96 valence electrons. The van der Waals surface area contributed by atoms with Crippen molar-refractivity contribution in [3.8, 4) is 0 Å². The van der Waals surface area contributed by atoms with E-state index in [1.54, 1.807) is 11.3 Å². The number of carbonyl (C=O) groups excluding carboxylic acids is 1. The molecule has 0 unspecified atom stereocenters. The summed E-state index contributed by atoms with van der Waals surface area (Å²) in [6, 6.07) is 1.86. The molecule has 6 heteroatoms. The maximum Gasteiger partial charge on any atom is 0.252 e. The summed E-state index contributed by atoms with van der Waals surface area (Å²) < 4.78 is 11.8. The monoisotopic (exact) mass is 369 g/mol. The van der Waals surface area contributed by atoms with Crippen LogP contribution in [0.2, 0.25) is 0 Å². The van der Waals surface area contributed by atoms with Crippen LogP contribution in [0.3, 0.4) is 0 Å². The molecule has 1 heterocycles. The van der Waals surface area contributed by atoms with Crippen LogP contribution in [0.4, 0.5) is 0 Å². The number of rotatable bonds is 7. The highest BCUT2D eigenvalue weighted by atomic mass is 127. The van der Waals surface area contributed by atoms with E-state index in [0.717, 1.165) is 2.88 Å². The van der Waals surface area contributed by atoms with Gasteiger partial charge < -0.3 is 14.8 Å². The summed E-state index contributed by atoms with van der Waals surface area (Å²) in [6.07, 6.45) is -0.369. The minimum atomic E-state index is -0.369. The van der Waals surface area contributed by atoms with Crippen LogP contribution in [0, 0.1) is 2.88 Å². The molecular formula is C11H16INO3S. The maximum absolute atomic E-state index is 11.8. The van der Waals surface area contributed by atoms with Crippen molar-refractivity contribution in [2.45, 2.75) is 20.1 Å². The molecule has 0 aromatic carbocycles. The first-order valence-corrected chi connectivity index (χ1v) is 7.38. The highest BCUT2D eigenvalue weighted by Crippen LogP contribution is 2.16. The van der Waals surface area contributed by atoms with Gasteiger partial charge in [0.15, 0.2) is 6.29 Å². The quantitative estimate of drug-likeness (QED) is 0.594. The number of amides is 1. The minimum Gasteiger partial charge on any atom is -0.351 e. The third-order valence-electron chi connectivity index (χ3n) is 1.96. The third kappa shape index (κ3) is 5.33.